The maximum absolute atomic E-state index is 12.0. The Hall–Kier alpha value is -1.55. The molecule has 110 valence electrons. The lowest BCUT2D eigenvalue weighted by Crippen LogP contribution is -2.40. The largest absolute Gasteiger partial charge is 0.444 e. The Kier molecular flexibility index (Phi) is 4.33. The lowest BCUT2D eigenvalue weighted by molar-refractivity contribution is 0.0461. The minimum atomic E-state index is -0.521. The van der Waals surface area contributed by atoms with Gasteiger partial charge < -0.3 is 15.2 Å². The predicted molar refractivity (Wildman–Crippen MR) is 77.4 cm³/mol. The van der Waals surface area contributed by atoms with Crippen LogP contribution >= 0.6 is 0 Å². The monoisotopic (exact) mass is 277 g/mol. The quantitative estimate of drug-likeness (QED) is 0.874. The predicted octanol–water partition coefficient (Wildman–Crippen LogP) is 2.81. The van der Waals surface area contributed by atoms with Gasteiger partial charge in [0.1, 0.15) is 5.60 Å². The molecule has 4 heteroatoms. The number of hydrogen-bond donors (Lipinski definition) is 2. The average molecular weight is 277 g/mol. The maximum Gasteiger partial charge on any atom is 0.408 e. The van der Waals surface area contributed by atoms with Crippen molar-refractivity contribution in [1.29, 1.82) is 0 Å². The third-order valence-corrected chi connectivity index (χ3v) is 3.55. The molecule has 1 aromatic carbocycles. The van der Waals surface area contributed by atoms with Gasteiger partial charge in [-0.1, -0.05) is 24.3 Å². The number of carbonyl (C=O) groups is 1. The Morgan fingerprint density at radius 1 is 1.40 bits per heavy atom. The van der Waals surface area contributed by atoms with Crippen LogP contribution in [-0.2, 0) is 11.2 Å². The summed E-state index contributed by atoms with van der Waals surface area (Å²) in [7, 11) is 0. The smallest absolute Gasteiger partial charge is 0.408 e. The molecule has 2 atom stereocenters. The minimum Gasteiger partial charge on any atom is -0.444 e. The second-order valence-electron chi connectivity index (χ2n) is 6.30. The lowest BCUT2D eigenvalue weighted by atomic mass is 9.80. The minimum absolute atomic E-state index is 0.0393. The van der Waals surface area contributed by atoms with Crippen molar-refractivity contribution in [2.24, 2.45) is 5.92 Å². The van der Waals surface area contributed by atoms with Gasteiger partial charge in [0.05, 0.1) is 6.04 Å². The number of alkyl carbamates (subject to hydrolysis) is 1. The SMILES string of the molecule is CC(C)(C)OC(=O)N[C@H]1c2ccccc2CC[C@H]1CO. The Balaban J connectivity index is 2.17. The summed E-state index contributed by atoms with van der Waals surface area (Å²) in [4.78, 5) is 12.0. The summed E-state index contributed by atoms with van der Waals surface area (Å²) in [5.74, 6) is 0.0393. The Morgan fingerprint density at radius 2 is 2.10 bits per heavy atom. The van der Waals surface area contributed by atoms with Gasteiger partial charge in [0.15, 0.2) is 0 Å². The number of aliphatic hydroxyl groups excluding tert-OH is 1. The molecule has 1 aromatic rings. The molecule has 1 amide bonds. The zero-order valence-corrected chi connectivity index (χ0v) is 12.3. The molecule has 0 aliphatic heterocycles. The molecular weight excluding hydrogens is 254 g/mol. The number of aryl methyl sites for hydroxylation is 1. The summed E-state index contributed by atoms with van der Waals surface area (Å²) in [5, 5.41) is 12.5. The first kappa shape index (κ1) is 14.9. The fraction of sp³-hybridized carbons (Fsp3) is 0.562. The molecule has 0 spiro atoms. The molecular formula is C16H23NO3. The molecule has 1 aliphatic rings. The zero-order valence-electron chi connectivity index (χ0n) is 12.3. The van der Waals surface area contributed by atoms with E-state index in [-0.39, 0.29) is 18.6 Å². The zero-order chi connectivity index (χ0) is 14.8. The van der Waals surface area contributed by atoms with E-state index in [0.717, 1.165) is 18.4 Å². The van der Waals surface area contributed by atoms with Crippen LogP contribution in [0.5, 0.6) is 0 Å². The van der Waals surface area contributed by atoms with Crippen molar-refractivity contribution in [3.63, 3.8) is 0 Å². The van der Waals surface area contributed by atoms with E-state index in [4.69, 9.17) is 4.74 Å². The topological polar surface area (TPSA) is 58.6 Å². The van der Waals surface area contributed by atoms with Crippen molar-refractivity contribution < 1.29 is 14.6 Å². The first-order chi connectivity index (χ1) is 9.40. The van der Waals surface area contributed by atoms with Crippen LogP contribution in [0, 0.1) is 5.92 Å². The lowest BCUT2D eigenvalue weighted by Gasteiger charge is -2.33. The van der Waals surface area contributed by atoms with Gasteiger partial charge in [-0.05, 0) is 44.7 Å². The third-order valence-electron chi connectivity index (χ3n) is 3.55. The molecule has 4 nitrogen and oxygen atoms in total. The van der Waals surface area contributed by atoms with Crippen molar-refractivity contribution >= 4 is 6.09 Å². The molecule has 0 bridgehead atoms. The van der Waals surface area contributed by atoms with Gasteiger partial charge in [-0.2, -0.15) is 0 Å². The van der Waals surface area contributed by atoms with Crippen LogP contribution in [0.15, 0.2) is 24.3 Å². The van der Waals surface area contributed by atoms with Gasteiger partial charge in [0.2, 0.25) is 0 Å². The van der Waals surface area contributed by atoms with Gasteiger partial charge >= 0.3 is 6.09 Å². The van der Waals surface area contributed by atoms with E-state index in [0.29, 0.717) is 0 Å². The molecule has 0 saturated heterocycles. The van der Waals surface area contributed by atoms with E-state index in [1.807, 2.05) is 39.0 Å². The first-order valence-corrected chi connectivity index (χ1v) is 7.09. The number of benzene rings is 1. The van der Waals surface area contributed by atoms with Crippen LogP contribution < -0.4 is 5.32 Å². The van der Waals surface area contributed by atoms with E-state index in [1.165, 1.54) is 5.56 Å². The number of aliphatic hydroxyl groups is 1. The second kappa shape index (κ2) is 5.83. The molecule has 0 radical (unpaired) electrons. The summed E-state index contributed by atoms with van der Waals surface area (Å²) in [5.41, 5.74) is 1.80. The van der Waals surface area contributed by atoms with Crippen molar-refractivity contribution in [1.82, 2.24) is 5.32 Å². The fourth-order valence-corrected chi connectivity index (χ4v) is 2.65. The van der Waals surface area contributed by atoms with E-state index >= 15 is 0 Å². The third kappa shape index (κ3) is 3.51. The maximum atomic E-state index is 12.0. The number of fused-ring (bicyclic) bond motifs is 1. The molecule has 0 heterocycles. The molecule has 0 aromatic heterocycles. The van der Waals surface area contributed by atoms with Crippen LogP contribution in [0.3, 0.4) is 0 Å². The van der Waals surface area contributed by atoms with Gasteiger partial charge in [0.25, 0.3) is 0 Å². The Labute approximate surface area is 120 Å². The van der Waals surface area contributed by atoms with Crippen LogP contribution in [0.4, 0.5) is 4.79 Å². The number of amides is 1. The van der Waals surface area contributed by atoms with Crippen LogP contribution in [0.25, 0.3) is 0 Å². The molecule has 0 unspecified atom stereocenters. The van der Waals surface area contributed by atoms with Gasteiger partial charge in [0, 0.05) is 12.5 Å². The highest BCUT2D eigenvalue weighted by Crippen LogP contribution is 2.34. The standard InChI is InChI=1S/C16H23NO3/c1-16(2,3)20-15(19)17-14-12(10-18)9-8-11-6-4-5-7-13(11)14/h4-7,12,14,18H,8-10H2,1-3H3,(H,17,19)/t12-,14+/m0/s1. The van der Waals surface area contributed by atoms with Crippen molar-refractivity contribution in [2.45, 2.75) is 45.3 Å². The molecule has 1 aliphatic carbocycles. The summed E-state index contributed by atoms with van der Waals surface area (Å²) in [6, 6.07) is 7.87. The highest BCUT2D eigenvalue weighted by molar-refractivity contribution is 5.68. The fourth-order valence-electron chi connectivity index (χ4n) is 2.65. The number of rotatable bonds is 2. The van der Waals surface area contributed by atoms with E-state index < -0.39 is 11.7 Å². The molecule has 0 fully saturated rings. The number of hydrogen-bond acceptors (Lipinski definition) is 3. The normalized spacial score (nSPS) is 22.0. The van der Waals surface area contributed by atoms with Crippen molar-refractivity contribution in [3.05, 3.63) is 35.4 Å². The van der Waals surface area contributed by atoms with Gasteiger partial charge in [-0.3, -0.25) is 0 Å². The number of carbonyl (C=O) groups excluding carboxylic acids is 1. The summed E-state index contributed by atoms with van der Waals surface area (Å²) in [6.45, 7) is 5.58. The summed E-state index contributed by atoms with van der Waals surface area (Å²) in [6.07, 6.45) is 1.37. The first-order valence-electron chi connectivity index (χ1n) is 7.09. The van der Waals surface area contributed by atoms with Crippen molar-refractivity contribution in [3.8, 4) is 0 Å². The van der Waals surface area contributed by atoms with Crippen molar-refractivity contribution in [2.75, 3.05) is 6.61 Å². The van der Waals surface area contributed by atoms with E-state index in [2.05, 4.69) is 11.4 Å². The molecule has 2 N–H and O–H groups in total. The average Bonchev–Trinajstić information content (AvgIpc) is 2.37. The Morgan fingerprint density at radius 3 is 2.75 bits per heavy atom. The van der Waals surface area contributed by atoms with Crippen LogP contribution in [0.1, 0.15) is 44.4 Å². The molecule has 0 saturated carbocycles. The number of nitrogens with one attached hydrogen (secondary N) is 1. The molecule has 20 heavy (non-hydrogen) atoms. The summed E-state index contributed by atoms with van der Waals surface area (Å²) < 4.78 is 5.32. The van der Waals surface area contributed by atoms with Crippen LogP contribution in [-0.4, -0.2) is 23.4 Å². The van der Waals surface area contributed by atoms with E-state index in [1.54, 1.807) is 0 Å². The highest BCUT2D eigenvalue weighted by atomic mass is 16.6. The second-order valence-corrected chi connectivity index (χ2v) is 6.30. The summed E-state index contributed by atoms with van der Waals surface area (Å²) >= 11 is 0. The highest BCUT2D eigenvalue weighted by Gasteiger charge is 2.31. The van der Waals surface area contributed by atoms with E-state index in [9.17, 15) is 9.90 Å². The van der Waals surface area contributed by atoms with Crippen LogP contribution in [0.2, 0.25) is 0 Å². The van der Waals surface area contributed by atoms with Gasteiger partial charge in [-0.25, -0.2) is 4.79 Å². The van der Waals surface area contributed by atoms with Gasteiger partial charge in [-0.15, -0.1) is 0 Å². The molecule has 2 rings (SSSR count). The number of ether oxygens (including phenoxy) is 1. The Bertz CT molecular complexity index is 479.